The van der Waals surface area contributed by atoms with Crippen LogP contribution < -0.4 is 5.32 Å². The van der Waals surface area contributed by atoms with Crippen molar-refractivity contribution in [3.63, 3.8) is 0 Å². The van der Waals surface area contributed by atoms with Crippen molar-refractivity contribution in [2.24, 2.45) is 0 Å². The number of halogens is 2. The lowest BCUT2D eigenvalue weighted by molar-refractivity contribution is 0.586. The van der Waals surface area contributed by atoms with Gasteiger partial charge in [-0.15, -0.1) is 11.3 Å². The Morgan fingerprint density at radius 2 is 1.86 bits per heavy atom. The van der Waals surface area contributed by atoms with Gasteiger partial charge in [-0.2, -0.15) is 5.26 Å². The number of nitriles is 1. The van der Waals surface area contributed by atoms with Gasteiger partial charge in [0.15, 0.2) is 0 Å². The van der Waals surface area contributed by atoms with Gasteiger partial charge in [0.1, 0.15) is 28.3 Å². The lowest BCUT2D eigenvalue weighted by Gasteiger charge is -2.03. The van der Waals surface area contributed by atoms with Gasteiger partial charge in [0.05, 0.1) is 11.4 Å². The third-order valence-electron chi connectivity index (χ3n) is 4.20. The molecule has 0 spiro atoms. The van der Waals surface area contributed by atoms with Crippen LogP contribution in [0.15, 0.2) is 72.2 Å². The fourth-order valence-corrected chi connectivity index (χ4v) is 3.57. The molecule has 1 heterocycles. The van der Waals surface area contributed by atoms with Crippen LogP contribution in [0, 0.1) is 23.0 Å². The maximum Gasteiger partial charge on any atom is 0.149 e. The molecule has 4 aromatic rings. The summed E-state index contributed by atoms with van der Waals surface area (Å²) in [4.78, 5) is 4.54. The van der Waals surface area contributed by atoms with Gasteiger partial charge in [-0.3, -0.25) is 0 Å². The minimum absolute atomic E-state index is 0.0838. The molecule has 28 heavy (non-hydrogen) atoms. The number of nitrogens with one attached hydrogen (secondary N) is 1. The minimum atomic E-state index is -0.732. The average Bonchev–Trinajstić information content (AvgIpc) is 3.19. The molecule has 1 N–H and O–H groups in total. The largest absolute Gasteiger partial charge is 0.358 e. The summed E-state index contributed by atoms with van der Waals surface area (Å²) in [6.45, 7) is 0. The van der Waals surface area contributed by atoms with Gasteiger partial charge in [-0.1, -0.05) is 36.4 Å². The molecule has 136 valence electrons. The quantitative estimate of drug-likeness (QED) is 0.422. The fraction of sp³-hybridized carbons (Fsp3) is 0. The summed E-state index contributed by atoms with van der Waals surface area (Å²) >= 11 is 1.33. The molecule has 0 bridgehead atoms. The van der Waals surface area contributed by atoms with Gasteiger partial charge in [-0.25, -0.2) is 13.8 Å². The molecule has 3 aromatic carbocycles. The number of hydrogen-bond donors (Lipinski definition) is 1. The van der Waals surface area contributed by atoms with E-state index < -0.39 is 11.6 Å². The number of allylic oxidation sites excluding steroid dienone is 1. The van der Waals surface area contributed by atoms with Gasteiger partial charge < -0.3 is 5.32 Å². The van der Waals surface area contributed by atoms with E-state index in [0.29, 0.717) is 5.01 Å². The first-order valence-electron chi connectivity index (χ1n) is 8.41. The van der Waals surface area contributed by atoms with E-state index in [4.69, 9.17) is 0 Å². The molecule has 6 heteroatoms. The molecule has 0 amide bonds. The highest BCUT2D eigenvalue weighted by Gasteiger charge is 2.10. The summed E-state index contributed by atoms with van der Waals surface area (Å²) in [6, 6.07) is 19.4. The second kappa shape index (κ2) is 7.59. The number of anilines is 1. The van der Waals surface area contributed by atoms with Gasteiger partial charge in [0, 0.05) is 23.2 Å². The zero-order valence-electron chi connectivity index (χ0n) is 14.5. The van der Waals surface area contributed by atoms with E-state index in [-0.39, 0.29) is 11.3 Å². The van der Waals surface area contributed by atoms with Gasteiger partial charge >= 0.3 is 0 Å². The van der Waals surface area contributed by atoms with Crippen LogP contribution in [-0.4, -0.2) is 4.98 Å². The molecule has 0 saturated carbocycles. The van der Waals surface area contributed by atoms with E-state index in [9.17, 15) is 14.0 Å². The van der Waals surface area contributed by atoms with E-state index in [2.05, 4.69) is 22.4 Å². The molecule has 0 aliphatic heterocycles. The molecular formula is C22H13F2N3S. The Morgan fingerprint density at radius 3 is 2.64 bits per heavy atom. The molecule has 0 aliphatic carbocycles. The monoisotopic (exact) mass is 389 g/mol. The maximum atomic E-state index is 13.7. The molecule has 0 radical (unpaired) electrons. The second-order valence-electron chi connectivity index (χ2n) is 6.04. The fourth-order valence-electron chi connectivity index (χ4n) is 2.78. The van der Waals surface area contributed by atoms with Crippen LogP contribution in [-0.2, 0) is 0 Å². The Balaban J connectivity index is 1.61. The Bertz CT molecular complexity index is 1240. The number of thiazole rings is 1. The summed E-state index contributed by atoms with van der Waals surface area (Å²) in [7, 11) is 0. The van der Waals surface area contributed by atoms with Crippen molar-refractivity contribution in [3.05, 3.63) is 88.9 Å². The Kier molecular flexibility index (Phi) is 4.83. The predicted molar refractivity (Wildman–Crippen MR) is 109 cm³/mol. The highest BCUT2D eigenvalue weighted by Crippen LogP contribution is 2.28. The molecular weight excluding hydrogens is 376 g/mol. The molecule has 0 atom stereocenters. The van der Waals surface area contributed by atoms with Crippen LogP contribution in [0.2, 0.25) is 0 Å². The maximum absolute atomic E-state index is 13.7. The number of rotatable bonds is 4. The summed E-state index contributed by atoms with van der Waals surface area (Å²) in [6.07, 6.45) is 1.37. The van der Waals surface area contributed by atoms with Crippen molar-refractivity contribution >= 4 is 33.4 Å². The highest BCUT2D eigenvalue weighted by molar-refractivity contribution is 7.11. The summed E-state index contributed by atoms with van der Waals surface area (Å²) in [5.74, 6) is -1.39. The Hall–Kier alpha value is -3.56. The molecule has 4 rings (SSSR count). The van der Waals surface area contributed by atoms with Crippen molar-refractivity contribution in [1.29, 1.82) is 5.26 Å². The molecule has 0 aliphatic rings. The molecule has 0 unspecified atom stereocenters. The average molecular weight is 389 g/mol. The van der Waals surface area contributed by atoms with Crippen LogP contribution in [0.5, 0.6) is 0 Å². The minimum Gasteiger partial charge on any atom is -0.358 e. The lowest BCUT2D eigenvalue weighted by Crippen LogP contribution is -1.94. The Morgan fingerprint density at radius 1 is 1.04 bits per heavy atom. The van der Waals surface area contributed by atoms with Crippen molar-refractivity contribution in [2.75, 3.05) is 5.32 Å². The van der Waals surface area contributed by atoms with Crippen molar-refractivity contribution in [3.8, 4) is 17.3 Å². The zero-order valence-corrected chi connectivity index (χ0v) is 15.3. The normalized spacial score (nSPS) is 11.4. The molecule has 1 aromatic heterocycles. The topological polar surface area (TPSA) is 48.7 Å². The predicted octanol–water partition coefficient (Wildman–Crippen LogP) is 6.22. The van der Waals surface area contributed by atoms with Crippen molar-refractivity contribution in [1.82, 2.24) is 4.98 Å². The SMILES string of the molecule is N#C/C(=C\Nc1ccc(F)cc1F)c1nc(-c2ccc3ccccc3c2)cs1. The number of hydrogen-bond acceptors (Lipinski definition) is 4. The third-order valence-corrected chi connectivity index (χ3v) is 5.08. The van der Waals surface area contributed by atoms with Crippen LogP contribution in [0.4, 0.5) is 14.5 Å². The van der Waals surface area contributed by atoms with Crippen molar-refractivity contribution < 1.29 is 8.78 Å². The van der Waals surface area contributed by atoms with Crippen LogP contribution in [0.1, 0.15) is 5.01 Å². The Labute approximate surface area is 164 Å². The van der Waals surface area contributed by atoms with Crippen molar-refractivity contribution in [2.45, 2.75) is 0 Å². The standard InChI is InChI=1S/C22H13F2N3S/c23-18-7-8-20(19(24)10-18)26-12-17(11-25)22-27-21(13-28-22)16-6-5-14-3-1-2-4-15(14)9-16/h1-10,12-13,26H/b17-12+. The van der Waals surface area contributed by atoms with E-state index in [1.54, 1.807) is 0 Å². The first-order chi connectivity index (χ1) is 13.6. The summed E-state index contributed by atoms with van der Waals surface area (Å²) in [5, 5.41) is 16.8. The van der Waals surface area contributed by atoms with Gasteiger partial charge in [0.25, 0.3) is 0 Å². The van der Waals surface area contributed by atoms with E-state index >= 15 is 0 Å². The number of nitrogens with zero attached hydrogens (tertiary/aromatic N) is 2. The summed E-state index contributed by atoms with van der Waals surface area (Å²) in [5.41, 5.74) is 2.07. The molecule has 3 nitrogen and oxygen atoms in total. The number of aromatic nitrogens is 1. The first kappa shape index (κ1) is 17.8. The first-order valence-corrected chi connectivity index (χ1v) is 9.29. The zero-order chi connectivity index (χ0) is 19.5. The molecule has 0 saturated heterocycles. The van der Waals surface area contributed by atoms with Crippen LogP contribution >= 0.6 is 11.3 Å². The number of fused-ring (bicyclic) bond motifs is 1. The van der Waals surface area contributed by atoms with Crippen LogP contribution in [0.25, 0.3) is 27.6 Å². The number of benzene rings is 3. The van der Waals surface area contributed by atoms with Gasteiger partial charge in [-0.05, 0) is 29.0 Å². The highest BCUT2D eigenvalue weighted by atomic mass is 32.1. The third kappa shape index (κ3) is 3.61. The van der Waals surface area contributed by atoms with E-state index in [1.807, 2.05) is 41.8 Å². The second-order valence-corrected chi connectivity index (χ2v) is 6.90. The molecule has 0 fully saturated rings. The van der Waals surface area contributed by atoms with E-state index in [0.717, 1.165) is 34.2 Å². The van der Waals surface area contributed by atoms with Gasteiger partial charge in [0.2, 0.25) is 0 Å². The lowest BCUT2D eigenvalue weighted by atomic mass is 10.1. The van der Waals surface area contributed by atoms with E-state index in [1.165, 1.54) is 23.6 Å². The smallest absolute Gasteiger partial charge is 0.149 e. The van der Waals surface area contributed by atoms with Crippen LogP contribution in [0.3, 0.4) is 0 Å². The summed E-state index contributed by atoms with van der Waals surface area (Å²) < 4.78 is 26.7.